The Morgan fingerprint density at radius 3 is 2.38 bits per heavy atom. The Morgan fingerprint density at radius 2 is 1.86 bits per heavy atom. The second-order valence-corrected chi connectivity index (χ2v) is 8.22. The summed E-state index contributed by atoms with van der Waals surface area (Å²) in [5.74, 6) is 0. The van der Waals surface area contributed by atoms with E-state index < -0.39 is 10.0 Å². The number of aliphatic hydroxyl groups excluding tert-OH is 1. The lowest BCUT2D eigenvalue weighted by atomic mass is 10.2. The third-order valence-electron chi connectivity index (χ3n) is 3.80. The van der Waals surface area contributed by atoms with Crippen LogP contribution in [0.3, 0.4) is 0 Å². The average Bonchev–Trinajstić information content (AvgIpc) is 2.47. The second kappa shape index (κ2) is 6.75. The summed E-state index contributed by atoms with van der Waals surface area (Å²) in [5.41, 5.74) is 0.595. The number of piperazine rings is 1. The molecule has 118 valence electrons. The minimum Gasteiger partial charge on any atom is -0.392 e. The van der Waals surface area contributed by atoms with E-state index >= 15 is 0 Å². The van der Waals surface area contributed by atoms with E-state index in [4.69, 9.17) is 0 Å². The standard InChI is InChI=1S/C14H21BrN2O3S/c1-11(2)16-5-7-17(8-6-16)21(19,20)14-9-12(10-18)3-4-13(14)15/h3-4,9,11,18H,5-8,10H2,1-2H3. The van der Waals surface area contributed by atoms with Crippen LogP contribution in [0, 0.1) is 0 Å². The van der Waals surface area contributed by atoms with Crippen molar-refractivity contribution in [1.29, 1.82) is 0 Å². The van der Waals surface area contributed by atoms with E-state index in [0.717, 1.165) is 13.1 Å². The van der Waals surface area contributed by atoms with Gasteiger partial charge in [-0.1, -0.05) is 6.07 Å². The topological polar surface area (TPSA) is 60.9 Å². The Balaban J connectivity index is 2.23. The molecule has 2 rings (SSSR count). The maximum Gasteiger partial charge on any atom is 0.244 e. The van der Waals surface area contributed by atoms with Crippen molar-refractivity contribution < 1.29 is 13.5 Å². The van der Waals surface area contributed by atoms with Crippen molar-refractivity contribution in [3.05, 3.63) is 28.2 Å². The van der Waals surface area contributed by atoms with Gasteiger partial charge in [0.2, 0.25) is 10.0 Å². The van der Waals surface area contributed by atoms with E-state index in [0.29, 0.717) is 29.2 Å². The molecule has 21 heavy (non-hydrogen) atoms. The minimum absolute atomic E-state index is 0.170. The Bertz CT molecular complexity index is 596. The van der Waals surface area contributed by atoms with Gasteiger partial charge in [-0.3, -0.25) is 4.90 Å². The van der Waals surface area contributed by atoms with Gasteiger partial charge >= 0.3 is 0 Å². The Labute approximate surface area is 134 Å². The van der Waals surface area contributed by atoms with Crippen molar-refractivity contribution in [3.8, 4) is 0 Å². The molecule has 5 nitrogen and oxygen atoms in total. The van der Waals surface area contributed by atoms with Crippen molar-refractivity contribution in [3.63, 3.8) is 0 Å². The first-order chi connectivity index (χ1) is 9.86. The predicted octanol–water partition coefficient (Wildman–Crippen LogP) is 1.66. The highest BCUT2D eigenvalue weighted by atomic mass is 79.9. The third-order valence-corrected chi connectivity index (χ3v) is 6.69. The molecule has 0 unspecified atom stereocenters. The fourth-order valence-electron chi connectivity index (χ4n) is 2.44. The molecule has 1 saturated heterocycles. The number of aliphatic hydroxyl groups is 1. The summed E-state index contributed by atoms with van der Waals surface area (Å²) >= 11 is 3.30. The van der Waals surface area contributed by atoms with Crippen molar-refractivity contribution in [2.24, 2.45) is 0 Å². The highest BCUT2D eigenvalue weighted by Crippen LogP contribution is 2.27. The molecule has 1 aliphatic rings. The summed E-state index contributed by atoms with van der Waals surface area (Å²) in [4.78, 5) is 2.50. The van der Waals surface area contributed by atoms with Gasteiger partial charge in [0.1, 0.15) is 0 Å². The molecule has 1 aromatic carbocycles. The lowest BCUT2D eigenvalue weighted by molar-refractivity contribution is 0.154. The zero-order valence-electron chi connectivity index (χ0n) is 12.3. The molecule has 1 aromatic rings. The quantitative estimate of drug-likeness (QED) is 0.867. The fourth-order valence-corrected chi connectivity index (χ4v) is 4.84. The van der Waals surface area contributed by atoms with Gasteiger partial charge in [0.15, 0.2) is 0 Å². The number of benzene rings is 1. The molecule has 1 aliphatic heterocycles. The number of sulfonamides is 1. The van der Waals surface area contributed by atoms with Crippen LogP contribution in [0.5, 0.6) is 0 Å². The molecular formula is C14H21BrN2O3S. The molecule has 0 spiro atoms. The van der Waals surface area contributed by atoms with Crippen LogP contribution >= 0.6 is 15.9 Å². The van der Waals surface area contributed by atoms with E-state index in [2.05, 4.69) is 34.7 Å². The van der Waals surface area contributed by atoms with E-state index in [1.165, 1.54) is 10.4 Å². The molecule has 0 saturated carbocycles. The number of hydrogen-bond donors (Lipinski definition) is 1. The lowest BCUT2D eigenvalue weighted by Crippen LogP contribution is -2.50. The Hall–Kier alpha value is -0.470. The van der Waals surface area contributed by atoms with E-state index in [9.17, 15) is 13.5 Å². The fraction of sp³-hybridized carbons (Fsp3) is 0.571. The summed E-state index contributed by atoms with van der Waals surface area (Å²) in [7, 11) is -3.53. The maximum atomic E-state index is 12.7. The zero-order chi connectivity index (χ0) is 15.6. The largest absolute Gasteiger partial charge is 0.392 e. The highest BCUT2D eigenvalue weighted by molar-refractivity contribution is 9.10. The summed E-state index contributed by atoms with van der Waals surface area (Å²) in [6, 6.07) is 5.34. The lowest BCUT2D eigenvalue weighted by Gasteiger charge is -2.36. The van der Waals surface area contributed by atoms with Crippen molar-refractivity contribution in [1.82, 2.24) is 9.21 Å². The molecule has 0 aliphatic carbocycles. The molecule has 0 amide bonds. The number of hydrogen-bond acceptors (Lipinski definition) is 4. The van der Waals surface area contributed by atoms with Crippen LogP contribution in [0.15, 0.2) is 27.6 Å². The van der Waals surface area contributed by atoms with Crippen LogP contribution in [-0.2, 0) is 16.6 Å². The monoisotopic (exact) mass is 376 g/mol. The van der Waals surface area contributed by atoms with Gasteiger partial charge in [0.05, 0.1) is 11.5 Å². The van der Waals surface area contributed by atoms with Crippen molar-refractivity contribution in [2.45, 2.75) is 31.4 Å². The van der Waals surface area contributed by atoms with Crippen LogP contribution < -0.4 is 0 Å². The van der Waals surface area contributed by atoms with Crippen molar-refractivity contribution >= 4 is 26.0 Å². The molecule has 0 atom stereocenters. The first-order valence-corrected chi connectivity index (χ1v) is 9.23. The van der Waals surface area contributed by atoms with Gasteiger partial charge in [-0.2, -0.15) is 4.31 Å². The molecule has 0 radical (unpaired) electrons. The summed E-state index contributed by atoms with van der Waals surface area (Å²) in [6.07, 6.45) is 0. The van der Waals surface area contributed by atoms with Gasteiger partial charge in [0, 0.05) is 36.7 Å². The molecule has 1 heterocycles. The molecule has 0 aromatic heterocycles. The maximum absolute atomic E-state index is 12.7. The Kier molecular flexibility index (Phi) is 5.43. The number of halogens is 1. The van der Waals surface area contributed by atoms with Gasteiger partial charge in [-0.05, 0) is 47.5 Å². The van der Waals surface area contributed by atoms with Crippen LogP contribution in [0.2, 0.25) is 0 Å². The normalized spacial score (nSPS) is 18.3. The summed E-state index contributed by atoms with van der Waals surface area (Å²) in [5, 5.41) is 9.19. The highest BCUT2D eigenvalue weighted by Gasteiger charge is 2.30. The molecule has 0 bridgehead atoms. The predicted molar refractivity (Wildman–Crippen MR) is 85.5 cm³/mol. The van der Waals surface area contributed by atoms with Crippen LogP contribution in [0.4, 0.5) is 0 Å². The molecule has 1 fully saturated rings. The zero-order valence-corrected chi connectivity index (χ0v) is 14.7. The first-order valence-electron chi connectivity index (χ1n) is 6.99. The van der Waals surface area contributed by atoms with Gasteiger partial charge in [-0.25, -0.2) is 8.42 Å². The van der Waals surface area contributed by atoms with Gasteiger partial charge in [0.25, 0.3) is 0 Å². The molecular weight excluding hydrogens is 356 g/mol. The van der Waals surface area contributed by atoms with E-state index in [1.54, 1.807) is 12.1 Å². The number of nitrogens with zero attached hydrogens (tertiary/aromatic N) is 2. The summed E-state index contributed by atoms with van der Waals surface area (Å²) in [6.45, 7) is 6.54. The van der Waals surface area contributed by atoms with Crippen LogP contribution in [-0.4, -0.2) is 55.0 Å². The van der Waals surface area contributed by atoms with Crippen molar-refractivity contribution in [2.75, 3.05) is 26.2 Å². The smallest absolute Gasteiger partial charge is 0.244 e. The Morgan fingerprint density at radius 1 is 1.24 bits per heavy atom. The van der Waals surface area contributed by atoms with E-state index in [-0.39, 0.29) is 11.5 Å². The molecule has 1 N–H and O–H groups in total. The SMILES string of the molecule is CC(C)N1CCN(S(=O)(=O)c2cc(CO)ccc2Br)CC1. The molecule has 7 heteroatoms. The summed E-state index contributed by atoms with van der Waals surface area (Å²) < 4.78 is 27.6. The first kappa shape index (κ1) is 16.9. The van der Waals surface area contributed by atoms with Gasteiger partial charge < -0.3 is 5.11 Å². The minimum atomic E-state index is -3.53. The third kappa shape index (κ3) is 3.65. The average molecular weight is 377 g/mol. The van der Waals surface area contributed by atoms with E-state index in [1.807, 2.05) is 0 Å². The van der Waals surface area contributed by atoms with Crippen LogP contribution in [0.1, 0.15) is 19.4 Å². The van der Waals surface area contributed by atoms with Crippen LogP contribution in [0.25, 0.3) is 0 Å². The second-order valence-electron chi connectivity index (χ2n) is 5.46. The number of rotatable bonds is 4. The van der Waals surface area contributed by atoms with Gasteiger partial charge in [-0.15, -0.1) is 0 Å².